The number of nitrogens with one attached hydrogen (secondary N) is 1. The summed E-state index contributed by atoms with van der Waals surface area (Å²) in [5.74, 6) is -0.854. The average molecular weight is 721 g/mol. The summed E-state index contributed by atoms with van der Waals surface area (Å²) in [4.78, 5) is 48.7. The number of ether oxygens (including phenoxy) is 4. The number of hydrogen-bond acceptors (Lipinski definition) is 14. The number of carbonyl (C=O) groups excluding carboxylic acids is 3. The summed E-state index contributed by atoms with van der Waals surface area (Å²) < 4.78 is 47.7. The lowest BCUT2D eigenvalue weighted by atomic mass is 9.97. The fourth-order valence-corrected chi connectivity index (χ4v) is 5.80. The summed E-state index contributed by atoms with van der Waals surface area (Å²) in [6.45, 7) is 10.7. The zero-order chi connectivity index (χ0) is 36.7. The Morgan fingerprint density at radius 1 is 0.940 bits per heavy atom. The minimum Gasteiger partial charge on any atom is -0.464 e. The van der Waals surface area contributed by atoms with E-state index in [1.165, 1.54) is 11.9 Å². The van der Waals surface area contributed by atoms with Gasteiger partial charge in [-0.2, -0.15) is 0 Å². The van der Waals surface area contributed by atoms with Crippen LogP contribution in [0.3, 0.4) is 0 Å². The van der Waals surface area contributed by atoms with Gasteiger partial charge in [-0.15, -0.1) is 0 Å². The molecule has 0 fully saturated rings. The van der Waals surface area contributed by atoms with E-state index in [9.17, 15) is 18.9 Å². The number of rotatable bonds is 20. The van der Waals surface area contributed by atoms with Crippen LogP contribution in [0.25, 0.3) is 11.2 Å². The lowest BCUT2D eigenvalue weighted by Gasteiger charge is -2.20. The van der Waals surface area contributed by atoms with Crippen molar-refractivity contribution in [3.05, 3.63) is 48.0 Å². The van der Waals surface area contributed by atoms with Gasteiger partial charge in [0, 0.05) is 13.0 Å². The largest absolute Gasteiger partial charge is 0.464 e. The van der Waals surface area contributed by atoms with E-state index in [1.54, 1.807) is 38.6 Å². The number of benzene rings is 1. The van der Waals surface area contributed by atoms with Crippen molar-refractivity contribution in [1.29, 1.82) is 0 Å². The van der Waals surface area contributed by atoms with Crippen LogP contribution < -0.4 is 11.1 Å². The summed E-state index contributed by atoms with van der Waals surface area (Å²) in [5, 5.41) is 2.31. The third-order valence-electron chi connectivity index (χ3n) is 6.86. The highest BCUT2D eigenvalue weighted by Crippen LogP contribution is 2.48. The van der Waals surface area contributed by atoms with E-state index in [0.717, 1.165) is 12.0 Å². The fourth-order valence-electron chi connectivity index (χ4n) is 4.47. The fraction of sp³-hybridized carbons (Fsp3) is 0.576. The molecule has 0 spiro atoms. The molecule has 17 heteroatoms. The first-order chi connectivity index (χ1) is 23.7. The molecule has 3 rings (SSSR count). The first kappa shape index (κ1) is 40.3. The van der Waals surface area contributed by atoms with E-state index >= 15 is 0 Å². The number of nitrogen functional groups attached to an aromatic ring is 1. The normalized spacial score (nSPS) is 13.5. The van der Waals surface area contributed by atoms with E-state index in [0.29, 0.717) is 23.6 Å². The van der Waals surface area contributed by atoms with Crippen molar-refractivity contribution in [3.8, 4) is 0 Å². The van der Waals surface area contributed by atoms with E-state index < -0.39 is 43.5 Å². The number of nitrogens with two attached hydrogens (primary N) is 1. The zero-order valence-corrected chi connectivity index (χ0v) is 30.5. The summed E-state index contributed by atoms with van der Waals surface area (Å²) in [6.07, 6.45) is 2.86. The number of hydrogen-bond donors (Lipinski definition) is 2. The van der Waals surface area contributed by atoms with Crippen molar-refractivity contribution in [1.82, 2.24) is 24.8 Å². The minimum atomic E-state index is -3.85. The highest BCUT2D eigenvalue weighted by atomic mass is 31.2. The molecule has 2 heterocycles. The Balaban J connectivity index is 1.47. The molecule has 2 aromatic heterocycles. The Morgan fingerprint density at radius 2 is 1.66 bits per heavy atom. The Morgan fingerprint density at radius 3 is 2.36 bits per heavy atom. The van der Waals surface area contributed by atoms with Crippen molar-refractivity contribution < 1.29 is 46.9 Å². The molecule has 2 unspecified atom stereocenters. The number of esters is 2. The van der Waals surface area contributed by atoms with Gasteiger partial charge >= 0.3 is 25.6 Å². The lowest BCUT2D eigenvalue weighted by Crippen LogP contribution is -2.36. The molecule has 0 aliphatic heterocycles. The number of aromatic nitrogens is 4. The van der Waals surface area contributed by atoms with Crippen molar-refractivity contribution in [2.24, 2.45) is 5.92 Å². The van der Waals surface area contributed by atoms with Gasteiger partial charge in [-0.1, -0.05) is 38.1 Å². The molecule has 1 aromatic carbocycles. The van der Waals surface area contributed by atoms with Crippen molar-refractivity contribution >= 4 is 42.6 Å². The predicted molar refractivity (Wildman–Crippen MR) is 184 cm³/mol. The lowest BCUT2D eigenvalue weighted by molar-refractivity contribution is -0.146. The highest BCUT2D eigenvalue weighted by Gasteiger charge is 2.26. The van der Waals surface area contributed by atoms with Crippen LogP contribution in [-0.2, 0) is 55.1 Å². The molecule has 0 saturated heterocycles. The van der Waals surface area contributed by atoms with Crippen LogP contribution in [-0.4, -0.2) is 89.1 Å². The van der Waals surface area contributed by atoms with Crippen molar-refractivity contribution in [3.63, 3.8) is 0 Å². The molecule has 0 radical (unpaired) electrons. The van der Waals surface area contributed by atoms with Gasteiger partial charge in [0.2, 0.25) is 0 Å². The number of alkyl carbamates (subject to hydrolysis) is 1. The molecule has 0 bridgehead atoms. The van der Waals surface area contributed by atoms with Gasteiger partial charge in [-0.05, 0) is 51.2 Å². The second kappa shape index (κ2) is 19.3. The number of carbonyl (C=O) groups is 3. The summed E-state index contributed by atoms with van der Waals surface area (Å²) in [7, 11) is -3.85. The minimum absolute atomic E-state index is 0.0671. The van der Waals surface area contributed by atoms with Gasteiger partial charge in [0.15, 0.2) is 11.5 Å². The molecule has 0 aliphatic carbocycles. The summed E-state index contributed by atoms with van der Waals surface area (Å²) in [5.41, 5.74) is 8.14. The average Bonchev–Trinajstić information content (AvgIpc) is 3.47. The van der Waals surface area contributed by atoms with E-state index in [2.05, 4.69) is 34.1 Å². The van der Waals surface area contributed by atoms with E-state index in [4.69, 9.17) is 33.7 Å². The van der Waals surface area contributed by atoms with Crippen LogP contribution in [0.2, 0.25) is 0 Å². The molecular weight excluding hydrogens is 671 g/mol. The maximum atomic E-state index is 13.6. The van der Waals surface area contributed by atoms with Crippen LogP contribution >= 0.6 is 7.60 Å². The molecule has 0 aliphatic rings. The highest BCUT2D eigenvalue weighted by molar-refractivity contribution is 7.53. The van der Waals surface area contributed by atoms with Crippen LogP contribution in [0.4, 0.5) is 10.6 Å². The molecule has 3 N–H and O–H groups in total. The van der Waals surface area contributed by atoms with Crippen molar-refractivity contribution in [2.45, 2.75) is 72.4 Å². The Labute approximate surface area is 292 Å². The van der Waals surface area contributed by atoms with Crippen LogP contribution in [0.15, 0.2) is 36.9 Å². The third-order valence-corrected chi connectivity index (χ3v) is 8.51. The number of fused-ring (bicyclic) bond motifs is 1. The summed E-state index contributed by atoms with van der Waals surface area (Å²) >= 11 is 0. The number of amides is 1. The zero-order valence-electron chi connectivity index (χ0n) is 29.6. The number of nitrogens with zero attached hydrogens (tertiary/aromatic N) is 4. The van der Waals surface area contributed by atoms with Gasteiger partial charge in [-0.3, -0.25) is 14.2 Å². The molecule has 1 amide bonds. The third kappa shape index (κ3) is 14.0. The Kier molecular flexibility index (Phi) is 15.6. The molecular formula is C33H49N6O10P. The van der Waals surface area contributed by atoms with Gasteiger partial charge in [0.1, 0.15) is 36.9 Å². The quantitative estimate of drug-likeness (QED) is 0.0708. The smallest absolute Gasteiger partial charge is 0.408 e. The Bertz CT molecular complexity index is 1590. The monoisotopic (exact) mass is 720 g/mol. The van der Waals surface area contributed by atoms with Crippen LogP contribution in [0.5, 0.6) is 0 Å². The van der Waals surface area contributed by atoms with Gasteiger partial charge in [-0.25, -0.2) is 19.7 Å². The molecule has 2 atom stereocenters. The van der Waals surface area contributed by atoms with Crippen LogP contribution in [0.1, 0.15) is 65.0 Å². The molecule has 3 aromatic rings. The second-order valence-electron chi connectivity index (χ2n) is 12.8. The molecule has 50 heavy (non-hydrogen) atoms. The summed E-state index contributed by atoms with van der Waals surface area (Å²) in [6, 6.07) is 7.86. The molecule has 276 valence electrons. The first-order valence-electron chi connectivity index (χ1n) is 16.4. The predicted octanol–water partition coefficient (Wildman–Crippen LogP) is 4.61. The van der Waals surface area contributed by atoms with Gasteiger partial charge in [0.05, 0.1) is 38.7 Å². The van der Waals surface area contributed by atoms with Crippen molar-refractivity contribution in [2.75, 3.05) is 51.7 Å². The number of imidazole rings is 1. The maximum absolute atomic E-state index is 13.6. The van der Waals surface area contributed by atoms with Gasteiger partial charge < -0.3 is 43.6 Å². The topological polar surface area (TPSA) is 205 Å². The first-order valence-corrected chi connectivity index (χ1v) is 18.1. The molecule has 16 nitrogen and oxygen atoms in total. The maximum Gasteiger partial charge on any atom is 0.408 e. The van der Waals surface area contributed by atoms with E-state index in [-0.39, 0.29) is 51.8 Å². The Hall–Kier alpha value is -4.11. The standard InChI is InChI=1S/C33H49N6O10P/c1-23(2)18-25-8-10-26(11-9-25)24(3)31(41)46-16-17-48-50(43,22-44-15-12-39-21-38-28-29(34)36-20-37-30(28)39)47-14-7-13-45-27(40)19-35-32(42)49-33(4,5)6/h8-11,20-21,23-24H,7,12-19,22H2,1-6H3,(H,35,42)(H2,34,36,37). The second-order valence-corrected chi connectivity index (χ2v) is 14.8. The SMILES string of the molecule is CC(C)Cc1ccc(C(C)C(=O)OCCOP(=O)(COCCn2cnc3c(N)ncnc32)OCCCOC(=O)CNC(=O)OC(C)(C)C)cc1. The number of anilines is 1. The van der Waals surface area contributed by atoms with Crippen LogP contribution in [0, 0.1) is 5.92 Å². The van der Waals surface area contributed by atoms with E-state index in [1.807, 2.05) is 24.3 Å². The van der Waals surface area contributed by atoms with Gasteiger partial charge in [0.25, 0.3) is 0 Å². The molecule has 0 saturated carbocycles.